The molecule has 1 amide bonds. The topological polar surface area (TPSA) is 50.7 Å². The first-order valence-electron chi connectivity index (χ1n) is 5.56. The van der Waals surface area contributed by atoms with Gasteiger partial charge in [0, 0.05) is 20.6 Å². The van der Waals surface area contributed by atoms with Crippen molar-refractivity contribution in [3.05, 3.63) is 21.3 Å². The number of nitrogens with one attached hydrogen (secondary N) is 1. The van der Waals surface area contributed by atoms with Crippen molar-refractivity contribution in [3.63, 3.8) is 0 Å². The Bertz CT molecular complexity index is 389. The van der Waals surface area contributed by atoms with E-state index in [0.29, 0.717) is 4.34 Å². The molecular weight excluding hydrogens is 272 g/mol. The number of hydrazone groups is 1. The highest BCUT2D eigenvalue weighted by molar-refractivity contribution is 7.18. The number of carbonyl (C=O) groups excluding carboxylic acids is 1. The molecule has 0 saturated heterocycles. The van der Waals surface area contributed by atoms with E-state index in [4.69, 9.17) is 16.3 Å². The first-order chi connectivity index (χ1) is 8.51. The maximum atomic E-state index is 10.5. The van der Waals surface area contributed by atoms with Crippen LogP contribution in [0.15, 0.2) is 17.2 Å². The number of halogens is 1. The van der Waals surface area contributed by atoms with Gasteiger partial charge in [0.25, 0.3) is 0 Å². The van der Waals surface area contributed by atoms with Gasteiger partial charge in [-0.1, -0.05) is 18.5 Å². The second kappa shape index (κ2) is 10.1. The molecule has 0 radical (unpaired) electrons. The molecule has 18 heavy (non-hydrogen) atoms. The molecule has 0 spiro atoms. The molecule has 0 aliphatic heterocycles. The van der Waals surface area contributed by atoms with Gasteiger partial charge in [0.1, 0.15) is 0 Å². The molecule has 0 atom stereocenters. The van der Waals surface area contributed by atoms with Crippen molar-refractivity contribution >= 4 is 34.6 Å². The lowest BCUT2D eigenvalue weighted by Crippen LogP contribution is -2.14. The number of hydrogen-bond acceptors (Lipinski definition) is 4. The van der Waals surface area contributed by atoms with Gasteiger partial charge < -0.3 is 4.74 Å². The number of thiophene rings is 1. The first-order valence-corrected chi connectivity index (χ1v) is 6.76. The van der Waals surface area contributed by atoms with Crippen LogP contribution in [0.4, 0.5) is 0 Å². The Morgan fingerprint density at radius 1 is 1.50 bits per heavy atom. The highest BCUT2D eigenvalue weighted by Crippen LogP contribution is 2.21. The fourth-order valence-corrected chi connectivity index (χ4v) is 1.92. The molecule has 1 aromatic heterocycles. The van der Waals surface area contributed by atoms with E-state index in [-0.39, 0.29) is 5.91 Å². The van der Waals surface area contributed by atoms with Crippen LogP contribution < -0.4 is 5.43 Å². The summed E-state index contributed by atoms with van der Waals surface area (Å²) in [5.74, 6) is -0.179. The van der Waals surface area contributed by atoms with E-state index < -0.39 is 0 Å². The molecule has 0 aliphatic rings. The van der Waals surface area contributed by atoms with Crippen LogP contribution in [0.3, 0.4) is 0 Å². The molecule has 102 valence electrons. The molecule has 0 aliphatic carbocycles. The van der Waals surface area contributed by atoms with Crippen molar-refractivity contribution in [2.75, 3.05) is 13.7 Å². The predicted octanol–water partition coefficient (Wildman–Crippen LogP) is 3.30. The van der Waals surface area contributed by atoms with E-state index in [1.165, 1.54) is 18.3 Å². The van der Waals surface area contributed by atoms with Crippen molar-refractivity contribution in [1.29, 1.82) is 0 Å². The Hall–Kier alpha value is -0.910. The number of ether oxygens (including phenoxy) is 1. The summed E-state index contributed by atoms with van der Waals surface area (Å²) in [6.07, 6.45) is 1.12. The summed E-state index contributed by atoms with van der Waals surface area (Å²) in [4.78, 5) is 11.5. The van der Waals surface area contributed by atoms with E-state index in [1.54, 1.807) is 13.2 Å². The highest BCUT2D eigenvalue weighted by Gasteiger charge is 2.01. The highest BCUT2D eigenvalue weighted by atomic mass is 35.5. The van der Waals surface area contributed by atoms with E-state index in [1.807, 2.05) is 13.0 Å². The lowest BCUT2D eigenvalue weighted by atomic mass is 10.3. The third kappa shape index (κ3) is 8.22. The van der Waals surface area contributed by atoms with Gasteiger partial charge in [-0.05, 0) is 25.5 Å². The summed E-state index contributed by atoms with van der Waals surface area (Å²) in [5.41, 5.74) is 3.12. The van der Waals surface area contributed by atoms with Crippen LogP contribution in [-0.2, 0) is 9.53 Å². The number of carbonyl (C=O) groups is 1. The van der Waals surface area contributed by atoms with Gasteiger partial charge in [-0.25, -0.2) is 5.43 Å². The Labute approximate surface area is 117 Å². The Morgan fingerprint density at radius 3 is 2.50 bits per heavy atom. The largest absolute Gasteiger partial charge is 0.385 e. The van der Waals surface area contributed by atoms with Crippen molar-refractivity contribution in [2.45, 2.75) is 27.2 Å². The zero-order valence-corrected chi connectivity index (χ0v) is 12.7. The van der Waals surface area contributed by atoms with Crippen LogP contribution in [0.5, 0.6) is 0 Å². The molecule has 6 heteroatoms. The summed E-state index contributed by atoms with van der Waals surface area (Å²) in [7, 11) is 1.71. The smallest absolute Gasteiger partial charge is 0.236 e. The standard InChI is InChI=1S/C8H9ClN2OS.C4H10O/c1-5(10-11-6(2)12)7-3-4-8(9)13-7;1-3-4-5-2/h3-4H,1-2H3,(H,11,12);3-4H2,1-2H3/b10-5+;. The average molecular weight is 291 g/mol. The van der Waals surface area contributed by atoms with E-state index in [9.17, 15) is 4.79 Å². The third-order valence-corrected chi connectivity index (χ3v) is 3.06. The molecule has 4 nitrogen and oxygen atoms in total. The molecule has 1 N–H and O–H groups in total. The van der Waals surface area contributed by atoms with Gasteiger partial charge in [0.05, 0.1) is 14.9 Å². The van der Waals surface area contributed by atoms with Crippen LogP contribution >= 0.6 is 22.9 Å². The fourth-order valence-electron chi connectivity index (χ4n) is 0.931. The normalized spacial score (nSPS) is 10.6. The van der Waals surface area contributed by atoms with Crippen molar-refractivity contribution in [3.8, 4) is 0 Å². The minimum Gasteiger partial charge on any atom is -0.385 e. The van der Waals surface area contributed by atoms with E-state index in [0.717, 1.165) is 23.6 Å². The van der Waals surface area contributed by atoms with Gasteiger partial charge >= 0.3 is 0 Å². The third-order valence-electron chi connectivity index (χ3n) is 1.72. The van der Waals surface area contributed by atoms with Gasteiger partial charge in [-0.3, -0.25) is 4.79 Å². The number of amides is 1. The van der Waals surface area contributed by atoms with Crippen molar-refractivity contribution < 1.29 is 9.53 Å². The van der Waals surface area contributed by atoms with E-state index >= 15 is 0 Å². The SMILES string of the molecule is CC(=O)N/N=C(\C)c1ccc(Cl)s1.CCCOC. The number of rotatable bonds is 4. The molecule has 0 aromatic carbocycles. The molecule has 1 aromatic rings. The molecule has 1 rings (SSSR count). The van der Waals surface area contributed by atoms with Gasteiger partial charge in [0.2, 0.25) is 5.91 Å². The number of hydrogen-bond donors (Lipinski definition) is 1. The van der Waals surface area contributed by atoms with Gasteiger partial charge in [-0.2, -0.15) is 5.10 Å². The second-order valence-electron chi connectivity index (χ2n) is 3.46. The van der Waals surface area contributed by atoms with E-state index in [2.05, 4.69) is 17.5 Å². The second-order valence-corrected chi connectivity index (χ2v) is 5.18. The summed E-state index contributed by atoms with van der Waals surface area (Å²) in [6, 6.07) is 3.67. The number of methoxy groups -OCH3 is 1. The monoisotopic (exact) mass is 290 g/mol. The molecule has 0 saturated carbocycles. The molecular formula is C12H19ClN2O2S. The first kappa shape index (κ1) is 17.1. The summed E-state index contributed by atoms with van der Waals surface area (Å²) < 4.78 is 5.41. The maximum Gasteiger partial charge on any atom is 0.236 e. The van der Waals surface area contributed by atoms with Crippen LogP contribution in [0.1, 0.15) is 32.1 Å². The van der Waals surface area contributed by atoms with Crippen molar-refractivity contribution in [2.24, 2.45) is 5.10 Å². The quantitative estimate of drug-likeness (QED) is 0.683. The van der Waals surface area contributed by atoms with Crippen LogP contribution in [0.25, 0.3) is 0 Å². The zero-order valence-electron chi connectivity index (χ0n) is 11.1. The summed E-state index contributed by atoms with van der Waals surface area (Å²) >= 11 is 7.17. The predicted molar refractivity (Wildman–Crippen MR) is 77.5 cm³/mol. The summed E-state index contributed by atoms with van der Waals surface area (Å²) in [5, 5.41) is 3.88. The minimum atomic E-state index is -0.179. The maximum absolute atomic E-state index is 10.5. The molecule has 0 bridgehead atoms. The minimum absolute atomic E-state index is 0.179. The molecule has 1 heterocycles. The Morgan fingerprint density at radius 2 is 2.17 bits per heavy atom. The fraction of sp³-hybridized carbons (Fsp3) is 0.500. The van der Waals surface area contributed by atoms with Crippen LogP contribution in [-0.4, -0.2) is 25.3 Å². The van der Waals surface area contributed by atoms with Gasteiger partial charge in [-0.15, -0.1) is 11.3 Å². The zero-order chi connectivity index (χ0) is 14.0. The van der Waals surface area contributed by atoms with Crippen LogP contribution in [0.2, 0.25) is 4.34 Å². The Kier molecular flexibility index (Phi) is 9.55. The average Bonchev–Trinajstić information content (AvgIpc) is 2.75. The van der Waals surface area contributed by atoms with Gasteiger partial charge in [0.15, 0.2) is 0 Å². The lowest BCUT2D eigenvalue weighted by Gasteiger charge is -1.95. The van der Waals surface area contributed by atoms with Crippen molar-refractivity contribution in [1.82, 2.24) is 5.43 Å². The lowest BCUT2D eigenvalue weighted by molar-refractivity contribution is -0.118. The molecule has 0 unspecified atom stereocenters. The van der Waals surface area contributed by atoms with Crippen LogP contribution in [0, 0.1) is 0 Å². The Balaban J connectivity index is 0.000000494. The molecule has 0 fully saturated rings. The number of nitrogens with zero attached hydrogens (tertiary/aromatic N) is 1. The summed E-state index contributed by atoms with van der Waals surface area (Å²) in [6.45, 7) is 6.21.